The Morgan fingerprint density at radius 3 is 2.61 bits per heavy atom. The summed E-state index contributed by atoms with van der Waals surface area (Å²) in [5, 5.41) is 10.8. The van der Waals surface area contributed by atoms with Gasteiger partial charge in [0.05, 0.1) is 18.6 Å². The molecule has 7 heteroatoms. The van der Waals surface area contributed by atoms with Gasteiger partial charge >= 0.3 is 0 Å². The van der Waals surface area contributed by atoms with Crippen molar-refractivity contribution in [1.29, 1.82) is 0 Å². The molecule has 0 aliphatic carbocycles. The Bertz CT molecular complexity index is 890. The van der Waals surface area contributed by atoms with Gasteiger partial charge in [0.1, 0.15) is 6.61 Å². The molecule has 0 fully saturated rings. The Balaban J connectivity index is 2.11. The van der Waals surface area contributed by atoms with Crippen LogP contribution in [0.5, 0.6) is 5.88 Å². The molecule has 0 bridgehead atoms. The van der Waals surface area contributed by atoms with Crippen LogP contribution in [-0.2, 0) is 0 Å². The van der Waals surface area contributed by atoms with Crippen LogP contribution in [0.15, 0.2) is 53.9 Å². The summed E-state index contributed by atoms with van der Waals surface area (Å²) in [6.07, 6.45) is 3.94. The molecule has 0 aliphatic heterocycles. The zero-order chi connectivity index (χ0) is 24.1. The lowest BCUT2D eigenvalue weighted by atomic mass is 10.2. The Hall–Kier alpha value is -3.22. The van der Waals surface area contributed by atoms with Gasteiger partial charge in [0.15, 0.2) is 5.82 Å². The Kier molecular flexibility index (Phi) is 11.1. The molecule has 1 aromatic heterocycles. The molecular formula is C26H40N6O. The van der Waals surface area contributed by atoms with Gasteiger partial charge in [-0.3, -0.25) is 5.43 Å². The lowest BCUT2D eigenvalue weighted by Crippen LogP contribution is -2.32. The highest BCUT2D eigenvalue weighted by Gasteiger charge is 2.10. The molecule has 2 rings (SSSR count). The summed E-state index contributed by atoms with van der Waals surface area (Å²) >= 11 is 0. The maximum atomic E-state index is 5.97. The summed E-state index contributed by atoms with van der Waals surface area (Å²) in [5.41, 5.74) is 6.39. The van der Waals surface area contributed by atoms with Crippen LogP contribution < -0.4 is 25.7 Å². The summed E-state index contributed by atoms with van der Waals surface area (Å²) in [5.74, 6) is 2.02. The van der Waals surface area contributed by atoms with Gasteiger partial charge in [-0.05, 0) is 39.2 Å². The first kappa shape index (κ1) is 26.0. The summed E-state index contributed by atoms with van der Waals surface area (Å²) in [4.78, 5) is 6.97. The Morgan fingerprint density at radius 1 is 1.18 bits per heavy atom. The number of hydrogen-bond acceptors (Lipinski definition) is 7. The van der Waals surface area contributed by atoms with Crippen LogP contribution >= 0.6 is 0 Å². The third-order valence-electron chi connectivity index (χ3n) is 4.73. The molecule has 3 N–H and O–H groups in total. The van der Waals surface area contributed by atoms with Gasteiger partial charge < -0.3 is 20.3 Å². The second kappa shape index (κ2) is 14.0. The van der Waals surface area contributed by atoms with Crippen molar-refractivity contribution < 1.29 is 4.74 Å². The van der Waals surface area contributed by atoms with E-state index < -0.39 is 0 Å². The lowest BCUT2D eigenvalue weighted by Gasteiger charge is -2.24. The van der Waals surface area contributed by atoms with Gasteiger partial charge in [-0.25, -0.2) is 0 Å². The van der Waals surface area contributed by atoms with Crippen LogP contribution in [0.1, 0.15) is 51.7 Å². The molecule has 1 aromatic carbocycles. The van der Waals surface area contributed by atoms with E-state index in [-0.39, 0.29) is 0 Å². The molecule has 0 atom stereocenters. The van der Waals surface area contributed by atoms with Crippen LogP contribution in [-0.4, -0.2) is 43.5 Å². The Labute approximate surface area is 199 Å². The average Bonchev–Trinajstić information content (AvgIpc) is 2.76. The molecule has 0 spiro atoms. The van der Waals surface area contributed by atoms with E-state index in [9.17, 15) is 0 Å². The van der Waals surface area contributed by atoms with Crippen LogP contribution in [0.3, 0.4) is 0 Å². The number of benzene rings is 1. The summed E-state index contributed by atoms with van der Waals surface area (Å²) in [6.45, 7) is 17.6. The predicted octanol–water partition coefficient (Wildman–Crippen LogP) is 4.90. The third kappa shape index (κ3) is 9.85. The van der Waals surface area contributed by atoms with E-state index in [1.807, 2.05) is 24.3 Å². The van der Waals surface area contributed by atoms with E-state index in [1.54, 1.807) is 6.21 Å². The number of rotatable bonds is 15. The number of nitrogens with zero attached hydrogens (tertiary/aromatic N) is 3. The van der Waals surface area contributed by atoms with E-state index in [0.717, 1.165) is 43.0 Å². The largest absolute Gasteiger partial charge is 0.476 e. The van der Waals surface area contributed by atoms with Gasteiger partial charge in [-0.2, -0.15) is 10.1 Å². The van der Waals surface area contributed by atoms with Crippen LogP contribution in [0, 0.1) is 6.92 Å². The van der Waals surface area contributed by atoms with Crippen LogP contribution in [0.25, 0.3) is 0 Å². The van der Waals surface area contributed by atoms with Gasteiger partial charge in [-0.1, -0.05) is 50.3 Å². The molecular weight excluding hydrogens is 412 g/mol. The summed E-state index contributed by atoms with van der Waals surface area (Å²) in [7, 11) is 0. The minimum Gasteiger partial charge on any atom is -0.476 e. The maximum Gasteiger partial charge on any atom is 0.217 e. The van der Waals surface area contributed by atoms with Crippen molar-refractivity contribution in [2.75, 3.05) is 36.6 Å². The molecule has 7 nitrogen and oxygen atoms in total. The fourth-order valence-electron chi connectivity index (χ4n) is 3.40. The van der Waals surface area contributed by atoms with Crippen molar-refractivity contribution in [1.82, 2.24) is 15.6 Å². The normalized spacial score (nSPS) is 11.0. The van der Waals surface area contributed by atoms with E-state index in [0.29, 0.717) is 30.9 Å². The third-order valence-corrected chi connectivity index (χ3v) is 4.73. The van der Waals surface area contributed by atoms with Crippen molar-refractivity contribution in [3.63, 3.8) is 0 Å². The zero-order valence-electron chi connectivity index (χ0n) is 20.8. The molecule has 180 valence electrons. The van der Waals surface area contributed by atoms with Crippen molar-refractivity contribution in [3.8, 4) is 5.88 Å². The number of nitrogens with one attached hydrogen (secondary N) is 3. The molecule has 0 unspecified atom stereocenters. The molecule has 2 aromatic rings. The molecule has 0 saturated heterocycles. The summed E-state index contributed by atoms with van der Waals surface area (Å²) in [6, 6.07) is 12.6. The van der Waals surface area contributed by atoms with Crippen LogP contribution in [0.4, 0.5) is 11.5 Å². The minimum absolute atomic E-state index is 0.335. The number of anilines is 2. The van der Waals surface area contributed by atoms with Gasteiger partial charge in [-0.15, -0.1) is 0 Å². The lowest BCUT2D eigenvalue weighted by molar-refractivity contribution is 0.306. The van der Waals surface area contributed by atoms with Gasteiger partial charge in [0, 0.05) is 37.0 Å². The van der Waals surface area contributed by atoms with E-state index in [2.05, 4.69) is 84.4 Å². The molecule has 0 amide bonds. The predicted molar refractivity (Wildman–Crippen MR) is 140 cm³/mol. The van der Waals surface area contributed by atoms with Crippen molar-refractivity contribution in [2.24, 2.45) is 5.10 Å². The second-order valence-electron chi connectivity index (χ2n) is 8.37. The molecule has 0 aliphatic rings. The van der Waals surface area contributed by atoms with E-state index in [1.165, 1.54) is 5.56 Å². The maximum absolute atomic E-state index is 5.97. The number of hydrazone groups is 1. The zero-order valence-corrected chi connectivity index (χ0v) is 20.8. The average molecular weight is 453 g/mol. The van der Waals surface area contributed by atoms with Crippen LogP contribution in [0.2, 0.25) is 0 Å². The SMILES string of the molecule is C=C(NCCOc1cc(N(CCC)CCC)cc(N/N=C/c2cccc(C)c2)n1)NC(C)C. The minimum atomic E-state index is 0.335. The van der Waals surface area contributed by atoms with Gasteiger partial charge in [0.25, 0.3) is 0 Å². The Morgan fingerprint density at radius 2 is 1.94 bits per heavy atom. The molecule has 33 heavy (non-hydrogen) atoms. The number of hydrogen-bond donors (Lipinski definition) is 3. The fourth-order valence-corrected chi connectivity index (χ4v) is 3.40. The van der Waals surface area contributed by atoms with Crippen molar-refractivity contribution in [3.05, 3.63) is 59.9 Å². The first-order valence-corrected chi connectivity index (χ1v) is 11.9. The molecule has 1 heterocycles. The number of ether oxygens (including phenoxy) is 1. The standard InChI is InChI=1S/C26H40N6O/c1-7-13-32(14-8-2)24-17-25(31-28-19-23-11-9-10-21(5)16-23)30-26(18-24)33-15-12-27-22(6)29-20(3)4/h9-11,16-20,27,29H,6-8,12-15H2,1-5H3,(H,30,31)/b28-19+. The summed E-state index contributed by atoms with van der Waals surface area (Å²) < 4.78 is 5.97. The number of pyridine rings is 1. The van der Waals surface area contributed by atoms with Gasteiger partial charge in [0.2, 0.25) is 5.88 Å². The topological polar surface area (TPSA) is 73.8 Å². The second-order valence-corrected chi connectivity index (χ2v) is 8.37. The first-order chi connectivity index (χ1) is 15.9. The highest BCUT2D eigenvalue weighted by atomic mass is 16.5. The number of aryl methyl sites for hydroxylation is 1. The first-order valence-electron chi connectivity index (χ1n) is 11.9. The molecule has 0 saturated carbocycles. The number of aromatic nitrogens is 1. The van der Waals surface area contributed by atoms with E-state index >= 15 is 0 Å². The molecule has 0 radical (unpaired) electrons. The highest BCUT2D eigenvalue weighted by molar-refractivity contribution is 5.80. The quantitative estimate of drug-likeness (QED) is 0.203. The van der Waals surface area contributed by atoms with Crippen molar-refractivity contribution in [2.45, 2.75) is 53.5 Å². The van der Waals surface area contributed by atoms with Crippen molar-refractivity contribution >= 4 is 17.7 Å². The van der Waals surface area contributed by atoms with E-state index in [4.69, 9.17) is 4.74 Å². The smallest absolute Gasteiger partial charge is 0.217 e. The monoisotopic (exact) mass is 452 g/mol. The fraction of sp³-hybridized carbons (Fsp3) is 0.462. The highest BCUT2D eigenvalue weighted by Crippen LogP contribution is 2.24.